The van der Waals surface area contributed by atoms with Crippen LogP contribution < -0.4 is 5.32 Å². The Balaban J connectivity index is 1.62. The van der Waals surface area contributed by atoms with Gasteiger partial charge in [0.25, 0.3) is 5.91 Å². The molecule has 3 aromatic rings. The molecule has 1 aromatic heterocycles. The Morgan fingerprint density at radius 1 is 1.04 bits per heavy atom. The van der Waals surface area contributed by atoms with Gasteiger partial charge in [-0.3, -0.25) is 9.78 Å². The van der Waals surface area contributed by atoms with Crippen LogP contribution in [-0.2, 0) is 11.9 Å². The minimum absolute atomic E-state index is 0.0418. The number of halogens is 3. The number of benzene rings is 2. The minimum atomic E-state index is -4.48. The molecule has 1 heterocycles. The van der Waals surface area contributed by atoms with Crippen molar-refractivity contribution in [3.05, 3.63) is 89.7 Å². The average molecular weight is 388 g/mol. The number of rotatable bonds is 5. The molecule has 0 bridgehead atoms. The average Bonchev–Trinajstić information content (AvgIpc) is 2.68. The molecule has 27 heavy (non-hydrogen) atoms. The second kappa shape index (κ2) is 8.26. The molecule has 0 saturated heterocycles. The number of amides is 1. The molecular weight excluding hydrogens is 373 g/mol. The van der Waals surface area contributed by atoms with Crippen LogP contribution >= 0.6 is 11.8 Å². The fraction of sp³-hybridized carbons (Fsp3) is 0.100. The van der Waals surface area contributed by atoms with E-state index in [-0.39, 0.29) is 5.56 Å². The SMILES string of the molecule is O=C(Nc1ccc(SCc2cccnc2)cc1)c1cccc(C(F)(F)F)c1. The number of nitrogens with one attached hydrogen (secondary N) is 1. The molecule has 3 nitrogen and oxygen atoms in total. The van der Waals surface area contributed by atoms with Crippen LogP contribution in [0.25, 0.3) is 0 Å². The van der Waals surface area contributed by atoms with Gasteiger partial charge < -0.3 is 5.32 Å². The van der Waals surface area contributed by atoms with Crippen molar-refractivity contribution in [2.45, 2.75) is 16.8 Å². The highest BCUT2D eigenvalue weighted by atomic mass is 32.2. The lowest BCUT2D eigenvalue weighted by Gasteiger charge is -2.10. The van der Waals surface area contributed by atoms with Gasteiger partial charge >= 0.3 is 6.18 Å². The fourth-order valence-corrected chi connectivity index (χ4v) is 3.16. The third kappa shape index (κ3) is 5.34. The summed E-state index contributed by atoms with van der Waals surface area (Å²) >= 11 is 1.62. The first-order valence-corrected chi connectivity index (χ1v) is 9.01. The first-order chi connectivity index (χ1) is 12.9. The largest absolute Gasteiger partial charge is 0.416 e. The Morgan fingerprint density at radius 3 is 2.48 bits per heavy atom. The Hall–Kier alpha value is -2.80. The van der Waals surface area contributed by atoms with Crippen molar-refractivity contribution in [3.63, 3.8) is 0 Å². The summed E-state index contributed by atoms with van der Waals surface area (Å²) in [6.45, 7) is 0. The second-order valence-electron chi connectivity index (χ2n) is 5.71. The van der Waals surface area contributed by atoms with Gasteiger partial charge in [-0.1, -0.05) is 12.1 Å². The highest BCUT2D eigenvalue weighted by Crippen LogP contribution is 2.30. The van der Waals surface area contributed by atoms with Gasteiger partial charge in [-0.25, -0.2) is 0 Å². The maximum Gasteiger partial charge on any atom is 0.416 e. The molecule has 0 atom stereocenters. The summed E-state index contributed by atoms with van der Waals surface area (Å²) in [4.78, 5) is 17.3. The molecule has 3 rings (SSSR count). The Bertz CT molecular complexity index is 913. The van der Waals surface area contributed by atoms with Gasteiger partial charge in [0.05, 0.1) is 5.56 Å². The summed E-state index contributed by atoms with van der Waals surface area (Å²) in [7, 11) is 0. The predicted molar refractivity (Wildman–Crippen MR) is 99.6 cm³/mol. The Labute approximate surface area is 158 Å². The van der Waals surface area contributed by atoms with E-state index in [4.69, 9.17) is 0 Å². The van der Waals surface area contributed by atoms with Crippen molar-refractivity contribution in [1.29, 1.82) is 0 Å². The Morgan fingerprint density at radius 2 is 1.81 bits per heavy atom. The fourth-order valence-electron chi connectivity index (χ4n) is 2.32. The van der Waals surface area contributed by atoms with Crippen molar-refractivity contribution >= 4 is 23.4 Å². The van der Waals surface area contributed by atoms with Gasteiger partial charge in [0.15, 0.2) is 0 Å². The molecule has 0 aliphatic rings. The lowest BCUT2D eigenvalue weighted by atomic mass is 10.1. The monoisotopic (exact) mass is 388 g/mol. The van der Waals surface area contributed by atoms with Gasteiger partial charge in [-0.05, 0) is 54.1 Å². The summed E-state index contributed by atoms with van der Waals surface area (Å²) in [6.07, 6.45) is -0.962. The molecule has 0 radical (unpaired) electrons. The molecule has 0 saturated carbocycles. The normalized spacial score (nSPS) is 11.2. The van der Waals surface area contributed by atoms with Gasteiger partial charge in [-0.15, -0.1) is 11.8 Å². The van der Waals surface area contributed by atoms with Crippen LogP contribution in [0.15, 0.2) is 78.0 Å². The lowest BCUT2D eigenvalue weighted by molar-refractivity contribution is -0.137. The highest BCUT2D eigenvalue weighted by Gasteiger charge is 2.30. The molecule has 0 fully saturated rings. The lowest BCUT2D eigenvalue weighted by Crippen LogP contribution is -2.13. The van der Waals surface area contributed by atoms with E-state index in [1.165, 1.54) is 12.1 Å². The first kappa shape index (κ1) is 19.0. The van der Waals surface area contributed by atoms with E-state index < -0.39 is 17.6 Å². The van der Waals surface area contributed by atoms with Gasteiger partial charge in [0.1, 0.15) is 0 Å². The van der Waals surface area contributed by atoms with Crippen LogP contribution in [0.2, 0.25) is 0 Å². The third-order valence-electron chi connectivity index (χ3n) is 3.69. The van der Waals surface area contributed by atoms with Crippen LogP contribution in [-0.4, -0.2) is 10.9 Å². The molecule has 0 aliphatic carbocycles. The molecular formula is C20H15F3N2OS. The molecule has 2 aromatic carbocycles. The zero-order chi connectivity index (χ0) is 19.3. The van der Waals surface area contributed by atoms with E-state index in [9.17, 15) is 18.0 Å². The molecule has 1 N–H and O–H groups in total. The summed E-state index contributed by atoms with van der Waals surface area (Å²) in [5, 5.41) is 2.61. The van der Waals surface area contributed by atoms with Crippen molar-refractivity contribution < 1.29 is 18.0 Å². The van der Waals surface area contributed by atoms with E-state index in [1.807, 2.05) is 24.3 Å². The third-order valence-corrected chi connectivity index (χ3v) is 4.78. The summed E-state index contributed by atoms with van der Waals surface area (Å²) in [5.74, 6) is 0.181. The van der Waals surface area contributed by atoms with Gasteiger partial charge in [0, 0.05) is 34.3 Å². The van der Waals surface area contributed by atoms with E-state index in [0.717, 1.165) is 28.3 Å². The molecule has 1 amide bonds. The quantitative estimate of drug-likeness (QED) is 0.575. The number of nitrogens with zero attached hydrogens (tertiary/aromatic N) is 1. The molecule has 0 spiro atoms. The van der Waals surface area contributed by atoms with Crippen LogP contribution in [0.1, 0.15) is 21.5 Å². The maximum absolute atomic E-state index is 12.8. The van der Waals surface area contributed by atoms with E-state index in [1.54, 1.807) is 36.3 Å². The van der Waals surface area contributed by atoms with Crippen molar-refractivity contribution in [2.75, 3.05) is 5.32 Å². The predicted octanol–water partition coefficient (Wildman–Crippen LogP) is 5.65. The highest BCUT2D eigenvalue weighted by molar-refractivity contribution is 7.98. The van der Waals surface area contributed by atoms with E-state index in [2.05, 4.69) is 10.3 Å². The van der Waals surface area contributed by atoms with Crippen LogP contribution in [0.5, 0.6) is 0 Å². The zero-order valence-corrected chi connectivity index (χ0v) is 14.8. The summed E-state index contributed by atoms with van der Waals surface area (Å²) < 4.78 is 38.3. The number of anilines is 1. The minimum Gasteiger partial charge on any atom is -0.322 e. The molecule has 0 unspecified atom stereocenters. The van der Waals surface area contributed by atoms with E-state index >= 15 is 0 Å². The number of hydrogen-bond acceptors (Lipinski definition) is 3. The standard InChI is InChI=1S/C20H15F3N2OS/c21-20(22,23)16-5-1-4-15(11-16)19(26)25-17-6-8-18(9-7-17)27-13-14-3-2-10-24-12-14/h1-12H,13H2,(H,25,26). The number of aromatic nitrogens is 1. The second-order valence-corrected chi connectivity index (χ2v) is 6.76. The number of hydrogen-bond donors (Lipinski definition) is 1. The van der Waals surface area contributed by atoms with Crippen LogP contribution in [0.3, 0.4) is 0 Å². The van der Waals surface area contributed by atoms with E-state index in [0.29, 0.717) is 5.69 Å². The van der Waals surface area contributed by atoms with Crippen LogP contribution in [0.4, 0.5) is 18.9 Å². The maximum atomic E-state index is 12.8. The number of thioether (sulfide) groups is 1. The van der Waals surface area contributed by atoms with Crippen LogP contribution in [0, 0.1) is 0 Å². The molecule has 0 aliphatic heterocycles. The molecule has 7 heteroatoms. The zero-order valence-electron chi connectivity index (χ0n) is 14.0. The number of alkyl halides is 3. The smallest absolute Gasteiger partial charge is 0.322 e. The van der Waals surface area contributed by atoms with Gasteiger partial charge in [-0.2, -0.15) is 13.2 Å². The first-order valence-electron chi connectivity index (χ1n) is 8.02. The number of carbonyl (C=O) groups is 1. The van der Waals surface area contributed by atoms with Crippen molar-refractivity contribution in [2.24, 2.45) is 0 Å². The molecule has 138 valence electrons. The number of carbonyl (C=O) groups excluding carboxylic acids is 1. The Kier molecular flexibility index (Phi) is 5.81. The summed E-state index contributed by atoms with van der Waals surface area (Å²) in [5.41, 5.74) is 0.727. The number of pyridine rings is 1. The summed E-state index contributed by atoms with van der Waals surface area (Å²) in [6, 6.07) is 15.4. The topological polar surface area (TPSA) is 42.0 Å². The van der Waals surface area contributed by atoms with Crippen molar-refractivity contribution in [1.82, 2.24) is 4.98 Å². The van der Waals surface area contributed by atoms with Crippen molar-refractivity contribution in [3.8, 4) is 0 Å². The van der Waals surface area contributed by atoms with Gasteiger partial charge in [0.2, 0.25) is 0 Å².